The molecular formula is C20H27N5O. The Hall–Kier alpha value is -2.60. The third-order valence-electron chi connectivity index (χ3n) is 4.40. The Morgan fingerprint density at radius 1 is 1.08 bits per heavy atom. The number of carbonyl (C=O) groups excluding carboxylic acids is 1. The quantitative estimate of drug-likeness (QED) is 0.868. The van der Waals surface area contributed by atoms with Crippen LogP contribution in [0.5, 0.6) is 0 Å². The van der Waals surface area contributed by atoms with Gasteiger partial charge in [0.1, 0.15) is 5.82 Å². The number of benzene rings is 1. The van der Waals surface area contributed by atoms with Gasteiger partial charge >= 0.3 is 6.03 Å². The number of nitrogens with zero attached hydrogens (tertiary/aromatic N) is 3. The second-order valence-corrected chi connectivity index (χ2v) is 6.90. The summed E-state index contributed by atoms with van der Waals surface area (Å²) in [7, 11) is 0. The van der Waals surface area contributed by atoms with Gasteiger partial charge in [0.15, 0.2) is 0 Å². The summed E-state index contributed by atoms with van der Waals surface area (Å²) in [6, 6.07) is 14.3. The molecule has 0 unspecified atom stereocenters. The minimum atomic E-state index is -0.227. The van der Waals surface area contributed by atoms with E-state index in [0.717, 1.165) is 38.4 Å². The zero-order valence-electron chi connectivity index (χ0n) is 15.5. The molecule has 0 atom stereocenters. The van der Waals surface area contributed by atoms with Crippen molar-refractivity contribution in [2.45, 2.75) is 26.4 Å². The molecule has 2 amide bonds. The second kappa shape index (κ2) is 8.67. The monoisotopic (exact) mass is 353 g/mol. The average molecular weight is 353 g/mol. The Morgan fingerprint density at radius 2 is 1.81 bits per heavy atom. The number of piperazine rings is 1. The van der Waals surface area contributed by atoms with Crippen molar-refractivity contribution >= 4 is 17.5 Å². The summed E-state index contributed by atoms with van der Waals surface area (Å²) in [5.74, 6) is 0.564. The third-order valence-corrected chi connectivity index (χ3v) is 4.40. The van der Waals surface area contributed by atoms with Gasteiger partial charge in [-0.05, 0) is 31.5 Å². The van der Waals surface area contributed by atoms with Crippen LogP contribution in [-0.2, 0) is 6.54 Å². The molecule has 1 saturated heterocycles. The van der Waals surface area contributed by atoms with Crippen molar-refractivity contribution < 1.29 is 4.79 Å². The van der Waals surface area contributed by atoms with Gasteiger partial charge in [-0.25, -0.2) is 9.78 Å². The highest BCUT2D eigenvalue weighted by molar-refractivity contribution is 5.88. The largest absolute Gasteiger partial charge is 0.368 e. The summed E-state index contributed by atoms with van der Waals surface area (Å²) in [5, 5.41) is 5.54. The van der Waals surface area contributed by atoms with Crippen LogP contribution in [0.4, 0.5) is 16.3 Å². The molecule has 1 aromatic carbocycles. The van der Waals surface area contributed by atoms with E-state index < -0.39 is 0 Å². The first-order chi connectivity index (χ1) is 12.6. The fraction of sp³-hybridized carbons (Fsp3) is 0.400. The maximum absolute atomic E-state index is 11.7. The maximum Gasteiger partial charge on any atom is 0.320 e. The number of hydrogen-bond donors (Lipinski definition) is 2. The zero-order valence-corrected chi connectivity index (χ0v) is 15.5. The van der Waals surface area contributed by atoms with E-state index in [1.54, 1.807) is 0 Å². The van der Waals surface area contributed by atoms with Gasteiger partial charge in [0.25, 0.3) is 0 Å². The van der Waals surface area contributed by atoms with Crippen molar-refractivity contribution in [1.29, 1.82) is 0 Å². The summed E-state index contributed by atoms with van der Waals surface area (Å²) < 4.78 is 0. The molecule has 0 saturated carbocycles. The number of pyridine rings is 1. The molecule has 1 aliphatic rings. The predicted molar refractivity (Wildman–Crippen MR) is 105 cm³/mol. The van der Waals surface area contributed by atoms with E-state index in [2.05, 4.69) is 55.7 Å². The van der Waals surface area contributed by atoms with E-state index in [0.29, 0.717) is 5.82 Å². The van der Waals surface area contributed by atoms with Gasteiger partial charge in [-0.2, -0.15) is 0 Å². The van der Waals surface area contributed by atoms with Gasteiger partial charge in [-0.1, -0.05) is 30.3 Å². The van der Waals surface area contributed by atoms with Crippen LogP contribution in [0.3, 0.4) is 0 Å². The predicted octanol–water partition coefficient (Wildman–Crippen LogP) is 2.93. The first-order valence-corrected chi connectivity index (χ1v) is 9.15. The minimum absolute atomic E-state index is 0.0986. The Morgan fingerprint density at radius 3 is 2.42 bits per heavy atom. The van der Waals surface area contributed by atoms with Crippen LogP contribution in [0.25, 0.3) is 0 Å². The third kappa shape index (κ3) is 5.20. The molecule has 1 fully saturated rings. The molecule has 1 aliphatic heterocycles. The lowest BCUT2D eigenvalue weighted by atomic mass is 10.2. The van der Waals surface area contributed by atoms with Crippen LogP contribution in [0.1, 0.15) is 19.4 Å². The standard InChI is InChI=1S/C20H27N5O/c1-16(2)22-20(26)23-19-9-8-18(14-21-19)25-12-10-24(11-13-25)15-17-6-4-3-5-7-17/h3-9,14,16H,10-13,15H2,1-2H3,(H2,21,22,23,26). The fourth-order valence-electron chi connectivity index (χ4n) is 3.07. The maximum atomic E-state index is 11.7. The van der Waals surface area contributed by atoms with Crippen LogP contribution >= 0.6 is 0 Å². The van der Waals surface area contributed by atoms with Gasteiger partial charge in [-0.15, -0.1) is 0 Å². The molecule has 138 valence electrons. The highest BCUT2D eigenvalue weighted by Gasteiger charge is 2.17. The molecule has 2 aromatic rings. The Balaban J connectivity index is 1.49. The highest BCUT2D eigenvalue weighted by Crippen LogP contribution is 2.18. The van der Waals surface area contributed by atoms with Crippen molar-refractivity contribution in [2.75, 3.05) is 36.4 Å². The van der Waals surface area contributed by atoms with Gasteiger partial charge in [-0.3, -0.25) is 10.2 Å². The molecule has 6 heteroatoms. The van der Waals surface area contributed by atoms with E-state index in [-0.39, 0.29) is 12.1 Å². The molecule has 0 radical (unpaired) electrons. The molecule has 2 N–H and O–H groups in total. The number of rotatable bonds is 5. The fourth-order valence-corrected chi connectivity index (χ4v) is 3.07. The Kier molecular flexibility index (Phi) is 6.07. The summed E-state index contributed by atoms with van der Waals surface area (Å²) in [6.07, 6.45) is 1.83. The number of urea groups is 1. The lowest BCUT2D eigenvalue weighted by molar-refractivity contribution is 0.249. The summed E-state index contributed by atoms with van der Waals surface area (Å²) in [4.78, 5) is 20.9. The molecule has 3 rings (SSSR count). The molecule has 0 bridgehead atoms. The van der Waals surface area contributed by atoms with Gasteiger partial charge in [0.2, 0.25) is 0 Å². The van der Waals surface area contributed by atoms with Gasteiger partial charge in [0, 0.05) is 38.8 Å². The molecule has 0 aliphatic carbocycles. The SMILES string of the molecule is CC(C)NC(=O)Nc1ccc(N2CCN(Cc3ccccc3)CC2)cn1. The molecular weight excluding hydrogens is 326 g/mol. The molecule has 26 heavy (non-hydrogen) atoms. The minimum Gasteiger partial charge on any atom is -0.368 e. The Bertz CT molecular complexity index is 694. The molecule has 6 nitrogen and oxygen atoms in total. The average Bonchev–Trinajstić information content (AvgIpc) is 2.63. The first kappa shape index (κ1) is 18.2. The Labute approximate surface area is 155 Å². The summed E-state index contributed by atoms with van der Waals surface area (Å²) in [5.41, 5.74) is 2.46. The van der Waals surface area contributed by atoms with Crippen molar-refractivity contribution in [3.8, 4) is 0 Å². The normalized spacial score (nSPS) is 15.1. The summed E-state index contributed by atoms with van der Waals surface area (Å²) in [6.45, 7) is 8.88. The lowest BCUT2D eigenvalue weighted by Gasteiger charge is -2.36. The topological polar surface area (TPSA) is 60.5 Å². The van der Waals surface area contributed by atoms with Crippen molar-refractivity contribution in [2.24, 2.45) is 0 Å². The number of aromatic nitrogens is 1. The second-order valence-electron chi connectivity index (χ2n) is 6.90. The smallest absolute Gasteiger partial charge is 0.320 e. The van der Waals surface area contributed by atoms with E-state index in [1.165, 1.54) is 5.56 Å². The molecule has 2 heterocycles. The van der Waals surface area contributed by atoms with E-state index >= 15 is 0 Å². The molecule has 0 spiro atoms. The van der Waals surface area contributed by atoms with Crippen LogP contribution in [-0.4, -0.2) is 48.1 Å². The highest BCUT2D eigenvalue weighted by atomic mass is 16.2. The zero-order chi connectivity index (χ0) is 18.4. The number of carbonyl (C=O) groups is 1. The van der Waals surface area contributed by atoms with Crippen molar-refractivity contribution in [1.82, 2.24) is 15.2 Å². The van der Waals surface area contributed by atoms with E-state index in [1.807, 2.05) is 32.2 Å². The first-order valence-electron chi connectivity index (χ1n) is 9.15. The van der Waals surface area contributed by atoms with Crippen LogP contribution in [0, 0.1) is 0 Å². The van der Waals surface area contributed by atoms with E-state index in [9.17, 15) is 4.79 Å². The number of anilines is 2. The number of amides is 2. The van der Waals surface area contributed by atoms with Crippen LogP contribution in [0.15, 0.2) is 48.7 Å². The lowest BCUT2D eigenvalue weighted by Crippen LogP contribution is -2.46. The van der Waals surface area contributed by atoms with Crippen LogP contribution < -0.4 is 15.5 Å². The van der Waals surface area contributed by atoms with Gasteiger partial charge < -0.3 is 10.2 Å². The number of nitrogens with one attached hydrogen (secondary N) is 2. The van der Waals surface area contributed by atoms with Crippen molar-refractivity contribution in [3.63, 3.8) is 0 Å². The summed E-state index contributed by atoms with van der Waals surface area (Å²) >= 11 is 0. The van der Waals surface area contributed by atoms with Crippen LogP contribution in [0.2, 0.25) is 0 Å². The van der Waals surface area contributed by atoms with Gasteiger partial charge in [0.05, 0.1) is 11.9 Å². The van der Waals surface area contributed by atoms with Crippen molar-refractivity contribution in [3.05, 3.63) is 54.2 Å². The van der Waals surface area contributed by atoms with E-state index in [4.69, 9.17) is 0 Å². The molecule has 1 aromatic heterocycles. The number of hydrogen-bond acceptors (Lipinski definition) is 4.